The van der Waals surface area contributed by atoms with Gasteiger partial charge < -0.3 is 10.1 Å². The monoisotopic (exact) mass is 298 g/mol. The van der Waals surface area contributed by atoms with E-state index in [-0.39, 0.29) is 0 Å². The van der Waals surface area contributed by atoms with Crippen LogP contribution >= 0.6 is 15.9 Å². The van der Waals surface area contributed by atoms with Crippen LogP contribution in [-0.4, -0.2) is 30.8 Å². The Bertz CT molecular complexity index is 353. The number of hydrogen-bond acceptors (Lipinski definition) is 3. The molecule has 2 rings (SSSR count). The van der Waals surface area contributed by atoms with Crippen molar-refractivity contribution < 1.29 is 4.74 Å². The quantitative estimate of drug-likeness (QED) is 0.928. The van der Waals surface area contributed by atoms with Crippen molar-refractivity contribution in [3.63, 3.8) is 0 Å². The second-order valence-electron chi connectivity index (χ2n) is 4.52. The molecule has 0 aliphatic carbocycles. The summed E-state index contributed by atoms with van der Waals surface area (Å²) in [5.74, 6) is 0. The Labute approximate surface area is 111 Å². The number of hydrogen-bond donors (Lipinski definition) is 1. The Balaban J connectivity index is 1.98. The highest BCUT2D eigenvalue weighted by atomic mass is 79.9. The number of ether oxygens (including phenoxy) is 1. The Morgan fingerprint density at radius 3 is 3.06 bits per heavy atom. The number of likely N-dealkylation sites (N-methyl/N-ethyl adjacent to an activating group) is 1. The van der Waals surface area contributed by atoms with Gasteiger partial charge in [0.2, 0.25) is 0 Å². The topological polar surface area (TPSA) is 34.2 Å². The SMILES string of the molecule is CNC(Cc1cncc(Br)c1)C1CCCCO1. The lowest BCUT2D eigenvalue weighted by molar-refractivity contribution is -0.00588. The van der Waals surface area contributed by atoms with Crippen molar-refractivity contribution in [1.29, 1.82) is 0 Å². The molecule has 2 atom stereocenters. The molecule has 1 aliphatic rings. The molecule has 1 aromatic heterocycles. The van der Waals surface area contributed by atoms with Crippen molar-refractivity contribution in [3.8, 4) is 0 Å². The third-order valence-corrected chi connectivity index (χ3v) is 3.69. The minimum Gasteiger partial charge on any atom is -0.377 e. The number of rotatable bonds is 4. The summed E-state index contributed by atoms with van der Waals surface area (Å²) in [7, 11) is 2.01. The van der Waals surface area contributed by atoms with Gasteiger partial charge in [0.15, 0.2) is 0 Å². The number of pyridine rings is 1. The van der Waals surface area contributed by atoms with E-state index >= 15 is 0 Å². The summed E-state index contributed by atoms with van der Waals surface area (Å²) in [5.41, 5.74) is 1.24. The highest BCUT2D eigenvalue weighted by Gasteiger charge is 2.23. The molecule has 0 bridgehead atoms. The van der Waals surface area contributed by atoms with Crippen LogP contribution in [0.1, 0.15) is 24.8 Å². The lowest BCUT2D eigenvalue weighted by Gasteiger charge is -2.30. The molecule has 4 heteroatoms. The first-order valence-electron chi connectivity index (χ1n) is 6.18. The lowest BCUT2D eigenvalue weighted by atomic mass is 9.97. The number of aromatic nitrogens is 1. The van der Waals surface area contributed by atoms with Gasteiger partial charge in [0, 0.05) is 29.5 Å². The van der Waals surface area contributed by atoms with Crippen LogP contribution in [0, 0.1) is 0 Å². The van der Waals surface area contributed by atoms with Crippen LogP contribution < -0.4 is 5.32 Å². The normalized spacial score (nSPS) is 22.4. The van der Waals surface area contributed by atoms with E-state index in [2.05, 4.69) is 32.3 Å². The van der Waals surface area contributed by atoms with E-state index in [1.807, 2.05) is 19.4 Å². The summed E-state index contributed by atoms with van der Waals surface area (Å²) < 4.78 is 6.88. The number of halogens is 1. The van der Waals surface area contributed by atoms with Crippen LogP contribution in [0.3, 0.4) is 0 Å². The summed E-state index contributed by atoms with van der Waals surface area (Å²) in [5, 5.41) is 3.37. The van der Waals surface area contributed by atoms with Crippen molar-refractivity contribution in [1.82, 2.24) is 10.3 Å². The maximum absolute atomic E-state index is 5.84. The third-order valence-electron chi connectivity index (χ3n) is 3.25. The maximum atomic E-state index is 5.84. The van der Waals surface area contributed by atoms with Gasteiger partial charge in [-0.1, -0.05) is 0 Å². The Morgan fingerprint density at radius 2 is 2.41 bits per heavy atom. The zero-order chi connectivity index (χ0) is 12.1. The Kier molecular flexibility index (Phi) is 4.95. The van der Waals surface area contributed by atoms with Gasteiger partial charge in [0.05, 0.1) is 6.10 Å². The zero-order valence-electron chi connectivity index (χ0n) is 10.2. The van der Waals surface area contributed by atoms with Crippen molar-refractivity contribution in [2.75, 3.05) is 13.7 Å². The van der Waals surface area contributed by atoms with Crippen LogP contribution in [0.4, 0.5) is 0 Å². The van der Waals surface area contributed by atoms with Gasteiger partial charge in [-0.15, -0.1) is 0 Å². The molecule has 1 aromatic rings. The molecule has 17 heavy (non-hydrogen) atoms. The number of nitrogens with one attached hydrogen (secondary N) is 1. The molecule has 1 aliphatic heterocycles. The third kappa shape index (κ3) is 3.76. The molecular weight excluding hydrogens is 280 g/mol. The lowest BCUT2D eigenvalue weighted by Crippen LogP contribution is -2.42. The average Bonchev–Trinajstić information content (AvgIpc) is 2.37. The molecule has 0 aromatic carbocycles. The highest BCUT2D eigenvalue weighted by Crippen LogP contribution is 2.19. The van der Waals surface area contributed by atoms with Crippen LogP contribution in [0.25, 0.3) is 0 Å². The van der Waals surface area contributed by atoms with Crippen molar-refractivity contribution in [3.05, 3.63) is 28.5 Å². The molecule has 0 saturated carbocycles. The van der Waals surface area contributed by atoms with Crippen molar-refractivity contribution >= 4 is 15.9 Å². The van der Waals surface area contributed by atoms with Crippen LogP contribution in [0.5, 0.6) is 0 Å². The second-order valence-corrected chi connectivity index (χ2v) is 5.43. The van der Waals surface area contributed by atoms with Gasteiger partial charge in [0.25, 0.3) is 0 Å². The first-order chi connectivity index (χ1) is 8.29. The minimum atomic E-state index is 0.340. The Hall–Kier alpha value is -0.450. The summed E-state index contributed by atoms with van der Waals surface area (Å²) in [6.45, 7) is 0.902. The van der Waals surface area contributed by atoms with Gasteiger partial charge >= 0.3 is 0 Å². The molecule has 0 radical (unpaired) electrons. The van der Waals surface area contributed by atoms with Crippen LogP contribution in [0.15, 0.2) is 22.9 Å². The molecule has 0 spiro atoms. The predicted molar refractivity (Wildman–Crippen MR) is 72.1 cm³/mol. The number of nitrogens with zero attached hydrogens (tertiary/aromatic N) is 1. The average molecular weight is 299 g/mol. The highest BCUT2D eigenvalue weighted by molar-refractivity contribution is 9.10. The van der Waals surface area contributed by atoms with E-state index in [0.717, 1.165) is 23.9 Å². The van der Waals surface area contributed by atoms with Gasteiger partial charge in [-0.2, -0.15) is 0 Å². The first-order valence-corrected chi connectivity index (χ1v) is 6.97. The summed E-state index contributed by atoms with van der Waals surface area (Å²) >= 11 is 3.46. The Morgan fingerprint density at radius 1 is 1.53 bits per heavy atom. The fourth-order valence-electron chi connectivity index (χ4n) is 2.32. The molecule has 2 unspecified atom stereocenters. The van der Waals surface area contributed by atoms with E-state index in [9.17, 15) is 0 Å². The largest absolute Gasteiger partial charge is 0.377 e. The first kappa shape index (κ1) is 13.0. The van der Waals surface area contributed by atoms with Crippen molar-refractivity contribution in [2.24, 2.45) is 0 Å². The minimum absolute atomic E-state index is 0.340. The van der Waals surface area contributed by atoms with Gasteiger partial charge in [-0.3, -0.25) is 4.98 Å². The molecule has 1 N–H and O–H groups in total. The molecule has 94 valence electrons. The van der Waals surface area contributed by atoms with Gasteiger partial charge in [-0.05, 0) is 60.3 Å². The molecule has 0 amide bonds. The smallest absolute Gasteiger partial charge is 0.0731 e. The van der Waals surface area contributed by atoms with E-state index < -0.39 is 0 Å². The molecule has 1 fully saturated rings. The van der Waals surface area contributed by atoms with E-state index in [1.165, 1.54) is 18.4 Å². The second kappa shape index (κ2) is 6.47. The molecule has 3 nitrogen and oxygen atoms in total. The van der Waals surface area contributed by atoms with Gasteiger partial charge in [0.1, 0.15) is 0 Å². The van der Waals surface area contributed by atoms with Crippen LogP contribution in [-0.2, 0) is 11.2 Å². The standard InChI is InChI=1S/C13H19BrN2O/c1-15-12(13-4-2-3-5-17-13)7-10-6-11(14)9-16-8-10/h6,8-9,12-13,15H,2-5,7H2,1H3. The zero-order valence-corrected chi connectivity index (χ0v) is 11.7. The van der Waals surface area contributed by atoms with E-state index in [1.54, 1.807) is 0 Å². The maximum Gasteiger partial charge on any atom is 0.0731 e. The molecule has 1 saturated heterocycles. The predicted octanol–water partition coefficient (Wildman–Crippen LogP) is 2.54. The molecular formula is C13H19BrN2O. The fraction of sp³-hybridized carbons (Fsp3) is 0.615. The fourth-order valence-corrected chi connectivity index (χ4v) is 2.74. The summed E-state index contributed by atoms with van der Waals surface area (Å²) in [4.78, 5) is 4.20. The van der Waals surface area contributed by atoms with Crippen molar-refractivity contribution in [2.45, 2.75) is 37.8 Å². The molecule has 2 heterocycles. The van der Waals surface area contributed by atoms with E-state index in [4.69, 9.17) is 4.74 Å². The summed E-state index contributed by atoms with van der Waals surface area (Å²) in [6.07, 6.45) is 8.69. The summed E-state index contributed by atoms with van der Waals surface area (Å²) in [6, 6.07) is 2.51. The van der Waals surface area contributed by atoms with E-state index in [0.29, 0.717) is 12.1 Å². The van der Waals surface area contributed by atoms with Gasteiger partial charge in [-0.25, -0.2) is 0 Å². The van der Waals surface area contributed by atoms with Crippen LogP contribution in [0.2, 0.25) is 0 Å².